The minimum Gasteiger partial charge on any atom is -0.355 e. The van der Waals surface area contributed by atoms with Crippen LogP contribution in [0.1, 0.15) is 314 Å². The molecule has 0 radical (unpaired) electrons. The van der Waals surface area contributed by atoms with Crippen LogP contribution in [0.4, 0.5) is 5.82 Å². The number of nitriles is 1. The van der Waals surface area contributed by atoms with Gasteiger partial charge in [0, 0.05) is 24.7 Å². The van der Waals surface area contributed by atoms with Gasteiger partial charge in [-0.25, -0.2) is 4.98 Å². The highest BCUT2D eigenvalue weighted by Crippen LogP contribution is 2.41. The molecule has 0 bridgehead atoms. The maximum absolute atomic E-state index is 9.22. The van der Waals surface area contributed by atoms with E-state index >= 15 is 0 Å². The summed E-state index contributed by atoms with van der Waals surface area (Å²) in [7, 11) is 0. The molecule has 0 aromatic carbocycles. The van der Waals surface area contributed by atoms with Crippen molar-refractivity contribution in [1.82, 2.24) is 10.3 Å². The lowest BCUT2D eigenvalue weighted by Gasteiger charge is -2.51. The summed E-state index contributed by atoms with van der Waals surface area (Å²) in [5.74, 6) is 1.04. The third-order valence-corrected chi connectivity index (χ3v) is 15.4. The van der Waals surface area contributed by atoms with Crippen molar-refractivity contribution >= 4 is 5.82 Å². The summed E-state index contributed by atoms with van der Waals surface area (Å²) in [5, 5.41) is 13.1. The van der Waals surface area contributed by atoms with Crippen molar-refractivity contribution in [1.29, 1.82) is 5.26 Å². The minimum atomic E-state index is 0.421. The molecule has 0 saturated carbocycles. The molecule has 0 amide bonds. The van der Waals surface area contributed by atoms with Gasteiger partial charge in [-0.3, -0.25) is 0 Å². The number of aromatic nitrogens is 1. The van der Waals surface area contributed by atoms with Gasteiger partial charge in [-0.1, -0.05) is 289 Å². The molecule has 364 valence electrons. The number of hydrogen-bond acceptors (Lipinski definition) is 4. The van der Waals surface area contributed by atoms with Crippen LogP contribution in [0.5, 0.6) is 0 Å². The fourth-order valence-electron chi connectivity index (χ4n) is 11.0. The number of pyridine rings is 1. The second-order valence-corrected chi connectivity index (χ2v) is 21.4. The van der Waals surface area contributed by atoms with Gasteiger partial charge in [0.15, 0.2) is 0 Å². The van der Waals surface area contributed by atoms with Crippen LogP contribution in [0.2, 0.25) is 0 Å². The maximum Gasteiger partial charge on any atom is 0.128 e. The number of nitrogens with one attached hydrogen (secondary N) is 1. The highest BCUT2D eigenvalue weighted by molar-refractivity contribution is 5.45. The van der Waals surface area contributed by atoms with Crippen molar-refractivity contribution in [3.8, 4) is 6.07 Å². The average Bonchev–Trinajstić information content (AvgIpc) is 3.29. The molecule has 0 aliphatic carbocycles. The molecule has 3 heterocycles. The van der Waals surface area contributed by atoms with Crippen molar-refractivity contribution in [2.45, 2.75) is 308 Å². The van der Waals surface area contributed by atoms with E-state index in [-0.39, 0.29) is 0 Å². The van der Waals surface area contributed by atoms with E-state index in [1.807, 2.05) is 12.1 Å². The van der Waals surface area contributed by atoms with Gasteiger partial charge in [-0.15, -0.1) is 0 Å². The van der Waals surface area contributed by atoms with Crippen molar-refractivity contribution in [2.75, 3.05) is 31.1 Å². The Balaban J connectivity index is 1.24. The monoisotopic (exact) mass is 873 g/mol. The first kappa shape index (κ1) is 55.7. The molecular weight excluding hydrogens is 765 g/mol. The highest BCUT2D eigenvalue weighted by atomic mass is 15.3. The Morgan fingerprint density at radius 3 is 0.921 bits per heavy atom. The van der Waals surface area contributed by atoms with Crippen molar-refractivity contribution < 1.29 is 0 Å². The molecular formula is C59H108N4. The summed E-state index contributed by atoms with van der Waals surface area (Å²) in [5.41, 5.74) is 1.07. The van der Waals surface area contributed by atoms with Crippen LogP contribution in [-0.2, 0) is 0 Å². The van der Waals surface area contributed by atoms with Crippen molar-refractivity contribution in [3.63, 3.8) is 0 Å². The zero-order chi connectivity index (χ0) is 44.2. The van der Waals surface area contributed by atoms with Crippen LogP contribution >= 0.6 is 0 Å². The molecule has 1 aromatic rings. The van der Waals surface area contributed by atoms with E-state index in [0.717, 1.165) is 25.5 Å². The minimum absolute atomic E-state index is 0.421. The van der Waals surface area contributed by atoms with E-state index in [4.69, 9.17) is 0 Å². The van der Waals surface area contributed by atoms with Crippen LogP contribution in [0, 0.1) is 16.7 Å². The lowest BCUT2D eigenvalue weighted by atomic mass is 9.72. The Labute approximate surface area is 394 Å². The summed E-state index contributed by atoms with van der Waals surface area (Å²) in [6.07, 6.45) is 71.6. The first-order chi connectivity index (χ1) is 31.3. The van der Waals surface area contributed by atoms with Gasteiger partial charge in [0.2, 0.25) is 0 Å². The topological polar surface area (TPSA) is 52.0 Å². The molecule has 2 fully saturated rings. The van der Waals surface area contributed by atoms with Gasteiger partial charge >= 0.3 is 0 Å². The number of anilines is 1. The zero-order valence-corrected chi connectivity index (χ0v) is 42.3. The van der Waals surface area contributed by atoms with Gasteiger partial charge in [0.1, 0.15) is 11.9 Å². The Morgan fingerprint density at radius 2 is 0.651 bits per heavy atom. The van der Waals surface area contributed by atoms with Crippen LogP contribution in [0.25, 0.3) is 0 Å². The summed E-state index contributed by atoms with van der Waals surface area (Å²) in [4.78, 5) is 7.06. The zero-order valence-electron chi connectivity index (χ0n) is 42.3. The summed E-state index contributed by atoms with van der Waals surface area (Å²) in [6.45, 7) is 4.56. The smallest absolute Gasteiger partial charge is 0.128 e. The molecule has 3 rings (SSSR count). The van der Waals surface area contributed by atoms with Gasteiger partial charge in [-0.2, -0.15) is 5.26 Å². The quantitative estimate of drug-likeness (QED) is 0.305. The van der Waals surface area contributed by atoms with Gasteiger partial charge in [-0.05, 0) is 44.5 Å². The normalized spacial score (nSPS) is 23.4. The van der Waals surface area contributed by atoms with Crippen molar-refractivity contribution in [2.24, 2.45) is 5.41 Å². The van der Waals surface area contributed by atoms with E-state index in [0.29, 0.717) is 11.0 Å². The van der Waals surface area contributed by atoms with Gasteiger partial charge < -0.3 is 10.2 Å². The van der Waals surface area contributed by atoms with Crippen LogP contribution in [-0.4, -0.2) is 31.2 Å². The lowest BCUT2D eigenvalue weighted by molar-refractivity contribution is 0.168. The second kappa shape index (κ2) is 41.8. The largest absolute Gasteiger partial charge is 0.355 e. The summed E-state index contributed by atoms with van der Waals surface area (Å²) >= 11 is 0. The molecule has 4 heteroatoms. The van der Waals surface area contributed by atoms with E-state index in [1.165, 1.54) is 315 Å². The Kier molecular flexibility index (Phi) is 37.0. The standard InChI is InChI=1S/C59H108N4/c60-53-57-47-48-58(62-54-57)63-55-59(56-63)49-45-43-41-39-37-35-33-31-29-27-25-23-21-19-17-15-13-11-9-7-5-3-1-2-4-6-8-10-12-14-16-18-20-22-24-26-28-30-32-34-36-38-40-42-44-46-51-61-52-50-59/h47-48,54,61H,1-46,49-52,55-56H2. The average molecular weight is 874 g/mol. The molecule has 0 unspecified atom stereocenters. The molecule has 2 aliphatic rings. The lowest BCUT2D eigenvalue weighted by Crippen LogP contribution is -2.57. The Morgan fingerprint density at radius 1 is 0.365 bits per heavy atom. The van der Waals surface area contributed by atoms with E-state index < -0.39 is 0 Å². The highest BCUT2D eigenvalue weighted by Gasteiger charge is 2.42. The molecule has 4 nitrogen and oxygen atoms in total. The predicted octanol–water partition coefficient (Wildman–Crippen LogP) is 19.1. The third kappa shape index (κ3) is 31.9. The van der Waals surface area contributed by atoms with Gasteiger partial charge in [0.05, 0.1) is 5.56 Å². The van der Waals surface area contributed by atoms with Gasteiger partial charge in [0.25, 0.3) is 0 Å². The molecule has 1 spiro atoms. The first-order valence-corrected chi connectivity index (χ1v) is 29.1. The molecule has 63 heavy (non-hydrogen) atoms. The Hall–Kier alpha value is -1.60. The number of hydrogen-bond donors (Lipinski definition) is 1. The molecule has 1 aromatic heterocycles. The number of nitrogens with zero attached hydrogens (tertiary/aromatic N) is 3. The SMILES string of the molecule is N#Cc1ccc(N2CC3(CCCCCCCCCCCCCCCCCCCCCCCCCCCCCCCCCCCCCCCCCCCCCCCCNCC3)C2)nc1. The molecule has 2 saturated heterocycles. The second-order valence-electron chi connectivity index (χ2n) is 21.4. The third-order valence-electron chi connectivity index (χ3n) is 15.4. The van der Waals surface area contributed by atoms with Crippen LogP contribution in [0.3, 0.4) is 0 Å². The van der Waals surface area contributed by atoms with Crippen LogP contribution in [0.15, 0.2) is 18.3 Å². The fraction of sp³-hybridized carbons (Fsp3) is 0.898. The number of rotatable bonds is 1. The van der Waals surface area contributed by atoms with E-state index in [9.17, 15) is 5.26 Å². The molecule has 0 atom stereocenters. The fourth-order valence-corrected chi connectivity index (χ4v) is 11.0. The van der Waals surface area contributed by atoms with E-state index in [1.54, 1.807) is 6.20 Å². The molecule has 1 N–H and O–H groups in total. The first-order valence-electron chi connectivity index (χ1n) is 29.1. The van der Waals surface area contributed by atoms with Crippen molar-refractivity contribution in [3.05, 3.63) is 23.9 Å². The maximum atomic E-state index is 9.22. The van der Waals surface area contributed by atoms with Crippen LogP contribution < -0.4 is 10.2 Å². The summed E-state index contributed by atoms with van der Waals surface area (Å²) in [6, 6.07) is 6.19. The molecule has 2 aliphatic heterocycles. The summed E-state index contributed by atoms with van der Waals surface area (Å²) < 4.78 is 0. The van der Waals surface area contributed by atoms with E-state index in [2.05, 4.69) is 21.3 Å². The Bertz CT molecular complexity index is 1080. The predicted molar refractivity (Wildman–Crippen MR) is 278 cm³/mol.